The van der Waals surface area contributed by atoms with E-state index in [4.69, 9.17) is 35.8 Å². The molecule has 5 rings (SSSR count). The first-order valence-corrected chi connectivity index (χ1v) is 19.2. The van der Waals surface area contributed by atoms with Gasteiger partial charge < -0.3 is 35.1 Å². The van der Waals surface area contributed by atoms with Gasteiger partial charge in [-0.1, -0.05) is 51.8 Å². The second-order valence-electron chi connectivity index (χ2n) is 16.2. The summed E-state index contributed by atoms with van der Waals surface area (Å²) in [5.41, 5.74) is -1.04. The third-order valence-corrected chi connectivity index (χ3v) is 10.4. The number of hydrogen-bond acceptors (Lipinski definition) is 11. The first-order chi connectivity index (χ1) is 24.8. The summed E-state index contributed by atoms with van der Waals surface area (Å²) in [6.45, 7) is 16.7. The fourth-order valence-corrected chi connectivity index (χ4v) is 7.74. The number of thiazole rings is 1. The number of hydrogen-bond donors (Lipinski definition) is 3. The molecule has 3 amide bonds. The summed E-state index contributed by atoms with van der Waals surface area (Å²) in [6, 6.07) is 5.29. The number of anilines is 1. The van der Waals surface area contributed by atoms with Crippen LogP contribution in [-0.2, 0) is 23.9 Å². The molecule has 5 atom stereocenters. The van der Waals surface area contributed by atoms with Crippen LogP contribution in [0.4, 0.5) is 9.93 Å². The number of para-hydroxylation sites is 1. The molecule has 0 spiro atoms. The molecule has 2 fully saturated rings. The lowest BCUT2D eigenvalue weighted by atomic mass is 9.85. The molecule has 13 nitrogen and oxygen atoms in total. The minimum Gasteiger partial charge on any atom is -0.488 e. The van der Waals surface area contributed by atoms with Crippen molar-refractivity contribution in [3.05, 3.63) is 34.7 Å². The Morgan fingerprint density at radius 1 is 1.09 bits per heavy atom. The average molecular weight is 771 g/mol. The molecule has 0 bridgehead atoms. The van der Waals surface area contributed by atoms with Crippen LogP contribution in [0.3, 0.4) is 0 Å². The molecule has 1 saturated heterocycles. The van der Waals surface area contributed by atoms with Crippen molar-refractivity contribution in [3.8, 4) is 17.1 Å². The van der Waals surface area contributed by atoms with E-state index in [2.05, 4.69) is 16.0 Å². The Balaban J connectivity index is 1.51. The molecule has 2 aromatic heterocycles. The molecule has 288 valence electrons. The van der Waals surface area contributed by atoms with Crippen LogP contribution in [-0.4, -0.2) is 87.8 Å². The van der Waals surface area contributed by atoms with Gasteiger partial charge in [-0.05, 0) is 64.5 Å². The van der Waals surface area contributed by atoms with Crippen LogP contribution in [0.1, 0.15) is 81.6 Å². The number of pyridine rings is 1. The zero-order chi connectivity index (χ0) is 39.0. The van der Waals surface area contributed by atoms with Crippen LogP contribution < -0.4 is 20.7 Å². The molecule has 1 aliphatic carbocycles. The fourth-order valence-electron chi connectivity index (χ4n) is 6.67. The van der Waals surface area contributed by atoms with Crippen molar-refractivity contribution < 1.29 is 33.4 Å². The van der Waals surface area contributed by atoms with Crippen molar-refractivity contribution in [2.24, 2.45) is 11.3 Å². The number of esters is 1. The van der Waals surface area contributed by atoms with E-state index in [9.17, 15) is 19.2 Å². The maximum Gasteiger partial charge on any atom is 0.408 e. The molecule has 1 aromatic carbocycles. The predicted molar refractivity (Wildman–Crippen MR) is 205 cm³/mol. The highest BCUT2D eigenvalue weighted by molar-refractivity contribution is 7.14. The van der Waals surface area contributed by atoms with Gasteiger partial charge in [0.15, 0.2) is 5.13 Å². The Bertz CT molecular complexity index is 1870. The Hall–Kier alpha value is -4.17. The molecule has 2 aliphatic rings. The van der Waals surface area contributed by atoms with E-state index in [-0.39, 0.29) is 24.9 Å². The van der Waals surface area contributed by atoms with E-state index in [1.807, 2.05) is 53.0 Å². The van der Waals surface area contributed by atoms with Gasteiger partial charge in [-0.3, -0.25) is 9.59 Å². The Kier molecular flexibility index (Phi) is 11.5. The van der Waals surface area contributed by atoms with Gasteiger partial charge in [-0.25, -0.2) is 19.6 Å². The number of carbonyl (C=O) groups excluding carboxylic acids is 4. The molecule has 53 heavy (non-hydrogen) atoms. The Labute approximate surface area is 319 Å². The van der Waals surface area contributed by atoms with Crippen molar-refractivity contribution in [1.82, 2.24) is 25.5 Å². The SMILES string of the molecule is CCC1CC1(NC(=O)C1CC(Oc2cc(-c3csc(NC(C)C)n3)nc3c(Cl)cccc23)CN1C(=O)C(NC(=O)OC(C)(C)C)C(C)(C)C)C(=O)OC. The number of benzene rings is 1. The van der Waals surface area contributed by atoms with E-state index in [1.54, 1.807) is 39.0 Å². The molecule has 1 saturated carbocycles. The number of likely N-dealkylation sites (tertiary alicyclic amines) is 1. The molecule has 1 aliphatic heterocycles. The number of nitrogens with zero attached hydrogens (tertiary/aromatic N) is 3. The number of aromatic nitrogens is 2. The molecule has 3 aromatic rings. The number of fused-ring (bicyclic) bond motifs is 1. The van der Waals surface area contributed by atoms with Crippen LogP contribution >= 0.6 is 22.9 Å². The minimum absolute atomic E-state index is 0.0147. The van der Waals surface area contributed by atoms with Crippen molar-refractivity contribution in [3.63, 3.8) is 0 Å². The van der Waals surface area contributed by atoms with Gasteiger partial charge in [0, 0.05) is 29.3 Å². The Morgan fingerprint density at radius 2 is 1.81 bits per heavy atom. The highest BCUT2D eigenvalue weighted by Crippen LogP contribution is 2.47. The summed E-state index contributed by atoms with van der Waals surface area (Å²) in [5.74, 6) is -1.16. The topological polar surface area (TPSA) is 161 Å². The highest BCUT2D eigenvalue weighted by atomic mass is 35.5. The lowest BCUT2D eigenvalue weighted by Crippen LogP contribution is -2.59. The van der Waals surface area contributed by atoms with Crippen LogP contribution in [0.25, 0.3) is 22.3 Å². The second-order valence-corrected chi connectivity index (χ2v) is 17.4. The largest absolute Gasteiger partial charge is 0.488 e. The third kappa shape index (κ3) is 8.97. The highest BCUT2D eigenvalue weighted by Gasteiger charge is 2.62. The van der Waals surface area contributed by atoms with Crippen molar-refractivity contribution in [1.29, 1.82) is 0 Å². The van der Waals surface area contributed by atoms with Gasteiger partial charge in [-0.15, -0.1) is 11.3 Å². The molecule has 3 N–H and O–H groups in total. The van der Waals surface area contributed by atoms with Crippen LogP contribution in [0, 0.1) is 11.3 Å². The minimum atomic E-state index is -1.17. The van der Waals surface area contributed by atoms with E-state index < -0.39 is 58.6 Å². The summed E-state index contributed by atoms with van der Waals surface area (Å²) >= 11 is 8.12. The van der Waals surface area contributed by atoms with E-state index >= 15 is 0 Å². The number of methoxy groups -OCH3 is 1. The first kappa shape index (κ1) is 40.0. The monoisotopic (exact) mass is 770 g/mol. The number of alkyl carbamates (subject to hydrolysis) is 1. The molecular weight excluding hydrogens is 720 g/mol. The average Bonchev–Trinajstić information content (AvgIpc) is 3.34. The number of ether oxygens (including phenoxy) is 3. The number of nitrogens with one attached hydrogen (secondary N) is 3. The van der Waals surface area contributed by atoms with E-state index in [0.717, 1.165) is 5.13 Å². The molecule has 0 radical (unpaired) electrons. The van der Waals surface area contributed by atoms with Crippen LogP contribution in [0.5, 0.6) is 5.75 Å². The van der Waals surface area contributed by atoms with Crippen molar-refractivity contribution in [2.45, 2.75) is 117 Å². The summed E-state index contributed by atoms with van der Waals surface area (Å²) in [5, 5.41) is 12.7. The Morgan fingerprint density at radius 3 is 2.42 bits per heavy atom. The van der Waals surface area contributed by atoms with Crippen LogP contribution in [0.15, 0.2) is 29.6 Å². The lowest BCUT2D eigenvalue weighted by Gasteiger charge is -2.36. The molecule has 3 heterocycles. The van der Waals surface area contributed by atoms with Crippen molar-refractivity contribution >= 4 is 62.8 Å². The van der Waals surface area contributed by atoms with E-state index in [1.165, 1.54) is 23.3 Å². The van der Waals surface area contributed by atoms with Gasteiger partial charge >= 0.3 is 12.1 Å². The first-order valence-electron chi connectivity index (χ1n) is 17.9. The van der Waals surface area contributed by atoms with Crippen molar-refractivity contribution in [2.75, 3.05) is 19.0 Å². The number of halogens is 1. The smallest absolute Gasteiger partial charge is 0.408 e. The maximum atomic E-state index is 14.6. The lowest BCUT2D eigenvalue weighted by molar-refractivity contribution is -0.148. The number of amides is 3. The molecular formula is C38H51ClN6O7S. The molecule has 5 unspecified atom stereocenters. The van der Waals surface area contributed by atoms with Gasteiger partial charge in [0.05, 0.1) is 29.9 Å². The summed E-state index contributed by atoms with van der Waals surface area (Å²) in [4.78, 5) is 65.7. The van der Waals surface area contributed by atoms with Gasteiger partial charge in [-0.2, -0.15) is 0 Å². The fraction of sp³-hybridized carbons (Fsp3) is 0.579. The van der Waals surface area contributed by atoms with Gasteiger partial charge in [0.2, 0.25) is 11.8 Å². The number of carbonyl (C=O) groups is 4. The summed E-state index contributed by atoms with van der Waals surface area (Å²) in [6.07, 6.45) is -0.223. The number of rotatable bonds is 11. The van der Waals surface area contributed by atoms with Gasteiger partial charge in [0.25, 0.3) is 0 Å². The second kappa shape index (κ2) is 15.3. The zero-order valence-corrected chi connectivity index (χ0v) is 33.7. The van der Waals surface area contributed by atoms with Crippen LogP contribution in [0.2, 0.25) is 5.02 Å². The standard InChI is InChI=1S/C38H51ClN6O7S/c1-11-21-17-38(21,33(48)50-10)44-31(46)27-15-22(18-45(27)32(47)30(36(4,5)6)43-35(49)52-37(7,8)9)51-28-16-25(26-19-53-34(42-26)40-20(2)3)41-29-23(28)13-12-14-24(29)39/h12-14,16,19-22,27,30H,11,15,17-18H2,1-10H3,(H,40,42)(H,43,49)(H,44,46). The molecule has 15 heteroatoms. The van der Waals surface area contributed by atoms with Gasteiger partial charge in [0.1, 0.15) is 40.8 Å². The zero-order valence-electron chi connectivity index (χ0n) is 32.1. The quantitative estimate of drug-likeness (QED) is 0.182. The summed E-state index contributed by atoms with van der Waals surface area (Å²) in [7, 11) is 1.29. The maximum absolute atomic E-state index is 14.6. The normalized spacial score (nSPS) is 22.0. The third-order valence-electron chi connectivity index (χ3n) is 9.34. The summed E-state index contributed by atoms with van der Waals surface area (Å²) < 4.78 is 17.3. The predicted octanol–water partition coefficient (Wildman–Crippen LogP) is 6.58. The van der Waals surface area contributed by atoms with E-state index in [0.29, 0.717) is 45.9 Å².